The topological polar surface area (TPSA) is 43.9 Å². The molecule has 0 saturated heterocycles. The van der Waals surface area contributed by atoms with Crippen LogP contribution < -0.4 is 5.19 Å². The van der Waals surface area contributed by atoms with E-state index < -0.39 is 25.5 Å². The minimum Gasteiger partial charge on any atom is -0.497 e. The number of fused-ring (bicyclic) bond motifs is 5. The second-order valence-electron chi connectivity index (χ2n) is 13.3. The van der Waals surface area contributed by atoms with Gasteiger partial charge in [-0.15, -0.1) is 48.0 Å². The van der Waals surface area contributed by atoms with E-state index in [0.29, 0.717) is 11.4 Å². The van der Waals surface area contributed by atoms with Crippen molar-refractivity contribution < 1.29 is 37.7 Å². The van der Waals surface area contributed by atoms with Crippen molar-refractivity contribution in [1.82, 2.24) is 14.5 Å². The van der Waals surface area contributed by atoms with Crippen molar-refractivity contribution >= 4 is 57.0 Å². The summed E-state index contributed by atoms with van der Waals surface area (Å²) in [6.07, 6.45) is 2.02. The zero-order valence-electron chi connectivity index (χ0n) is 28.3. The van der Waals surface area contributed by atoms with E-state index in [1.165, 1.54) is 5.19 Å². The Kier molecular flexibility index (Phi) is 9.44. The minimum absolute atomic E-state index is 0. The van der Waals surface area contributed by atoms with E-state index in [1.807, 2.05) is 102 Å². The van der Waals surface area contributed by atoms with Crippen LogP contribution in [-0.4, -0.2) is 22.6 Å². The van der Waals surface area contributed by atoms with Gasteiger partial charge in [-0.25, -0.2) is 8.78 Å². The van der Waals surface area contributed by atoms with Gasteiger partial charge in [-0.1, -0.05) is 79.8 Å². The number of halogens is 3. The first-order valence-electron chi connectivity index (χ1n) is 16.5. The van der Waals surface area contributed by atoms with Crippen LogP contribution in [0.5, 0.6) is 0 Å². The second-order valence-corrected chi connectivity index (χ2v) is 18.4. The molecule has 0 unspecified atom stereocenters. The molecule has 9 aromatic rings. The first-order valence-corrected chi connectivity index (χ1v) is 20.0. The van der Waals surface area contributed by atoms with Crippen LogP contribution >= 0.6 is 0 Å². The van der Waals surface area contributed by atoms with E-state index in [4.69, 9.17) is 9.40 Å². The van der Waals surface area contributed by atoms with E-state index in [1.54, 1.807) is 0 Å². The number of nitrogens with zero attached hydrogens (tertiary/aromatic N) is 3. The van der Waals surface area contributed by atoms with Crippen molar-refractivity contribution in [3.8, 4) is 28.3 Å². The summed E-state index contributed by atoms with van der Waals surface area (Å²) in [5, 5.41) is 3.55. The van der Waals surface area contributed by atoms with Gasteiger partial charge in [-0.3, -0.25) is 9.37 Å². The largest absolute Gasteiger partial charge is 0.497 e. The van der Waals surface area contributed by atoms with Gasteiger partial charge < -0.3 is 14.0 Å². The SMILES string of the molecule is C[Si](C)(C)c1ccc(-c2[c-]cccc2)nc1.Fc1cc(F)c2oc3c(-c4nc5ccccc5n4-c4ccc5ccccc5c4)[c-]cc(F)c3c2c1.[Ir]. The van der Waals surface area contributed by atoms with Gasteiger partial charge in [-0.2, -0.15) is 0 Å². The van der Waals surface area contributed by atoms with Gasteiger partial charge in [0.1, 0.15) is 5.82 Å². The molecule has 0 aliphatic carbocycles. The number of furan rings is 1. The van der Waals surface area contributed by atoms with Gasteiger partial charge in [0.25, 0.3) is 0 Å². The number of aromatic nitrogens is 3. The number of hydrogen-bond donors (Lipinski definition) is 0. The Labute approximate surface area is 312 Å². The van der Waals surface area contributed by atoms with Gasteiger partial charge >= 0.3 is 0 Å². The summed E-state index contributed by atoms with van der Waals surface area (Å²) in [4.78, 5) is 9.33. The molecule has 3 heterocycles. The van der Waals surface area contributed by atoms with Crippen molar-refractivity contribution in [1.29, 1.82) is 0 Å². The number of rotatable bonds is 4. The molecule has 0 aliphatic rings. The van der Waals surface area contributed by atoms with Crippen LogP contribution in [0, 0.1) is 29.6 Å². The van der Waals surface area contributed by atoms with E-state index in [9.17, 15) is 13.2 Å². The number of benzene rings is 6. The molecule has 259 valence electrons. The summed E-state index contributed by atoms with van der Waals surface area (Å²) in [7, 11) is -1.23. The standard InChI is InChI=1S/C29H14F3N2O.C14H16NSi.Ir/c30-18-14-21-26-22(31)12-11-20(28(26)35-27(21)23(32)15-18)29-33-24-7-3-4-8-25(24)34(29)19-10-9-16-5-1-2-6-17(16)13-19;1-16(2,3)13-9-10-14(15-11-13)12-7-5-4-6-8-12;/h1-10,12-15H;4-7,9-11H,1-3H3;/q2*-1;. The Bertz CT molecular complexity index is 2720. The molecule has 0 saturated carbocycles. The first kappa shape index (κ1) is 35.1. The van der Waals surface area contributed by atoms with Gasteiger partial charge in [0.15, 0.2) is 11.4 Å². The smallest absolute Gasteiger partial charge is 0.168 e. The first-order chi connectivity index (χ1) is 24.7. The van der Waals surface area contributed by atoms with Crippen molar-refractivity contribution in [2.45, 2.75) is 19.6 Å². The van der Waals surface area contributed by atoms with Crippen molar-refractivity contribution in [3.63, 3.8) is 0 Å². The maximum atomic E-state index is 14.9. The van der Waals surface area contributed by atoms with Gasteiger partial charge in [0.05, 0.1) is 30.5 Å². The molecule has 0 N–H and O–H groups in total. The zero-order valence-corrected chi connectivity index (χ0v) is 31.7. The van der Waals surface area contributed by atoms with Crippen LogP contribution in [0.4, 0.5) is 13.2 Å². The van der Waals surface area contributed by atoms with Gasteiger partial charge in [0.2, 0.25) is 0 Å². The quantitative estimate of drug-likeness (QED) is 0.131. The van der Waals surface area contributed by atoms with Crippen molar-refractivity contribution in [2.24, 2.45) is 0 Å². The molecule has 0 aliphatic heterocycles. The monoisotopic (exact) mass is 882 g/mol. The summed E-state index contributed by atoms with van der Waals surface area (Å²) in [5.41, 5.74) is 4.64. The fourth-order valence-corrected chi connectivity index (χ4v) is 7.33. The summed E-state index contributed by atoms with van der Waals surface area (Å²) in [6, 6.07) is 43.0. The summed E-state index contributed by atoms with van der Waals surface area (Å²) >= 11 is 0. The molecule has 0 fully saturated rings. The molecule has 9 rings (SSSR count). The number of imidazole rings is 1. The summed E-state index contributed by atoms with van der Waals surface area (Å²) in [5.74, 6) is -1.94. The molecule has 0 atom stereocenters. The third-order valence-corrected chi connectivity index (χ3v) is 10.9. The van der Waals surface area contributed by atoms with E-state index in [-0.39, 0.29) is 42.0 Å². The molecule has 0 bridgehead atoms. The van der Waals surface area contributed by atoms with Crippen LogP contribution in [0.2, 0.25) is 19.6 Å². The maximum absolute atomic E-state index is 14.9. The van der Waals surface area contributed by atoms with E-state index in [2.05, 4.69) is 48.9 Å². The Hall–Kier alpha value is -5.34. The fourth-order valence-electron chi connectivity index (χ4n) is 6.30. The van der Waals surface area contributed by atoms with Crippen LogP contribution in [0.25, 0.3) is 72.1 Å². The molecule has 0 spiro atoms. The Morgan fingerprint density at radius 1 is 0.731 bits per heavy atom. The summed E-state index contributed by atoms with van der Waals surface area (Å²) in [6.45, 7) is 7.00. The van der Waals surface area contributed by atoms with Crippen molar-refractivity contribution in [2.75, 3.05) is 0 Å². The van der Waals surface area contributed by atoms with Crippen molar-refractivity contribution in [3.05, 3.63) is 157 Å². The minimum atomic E-state index is -1.23. The van der Waals surface area contributed by atoms with Crippen LogP contribution in [0.1, 0.15) is 0 Å². The van der Waals surface area contributed by atoms with Crippen LogP contribution in [0.15, 0.2) is 132 Å². The maximum Gasteiger partial charge on any atom is 0.168 e. The molecular formula is C43H30F3IrN3OSi-2. The Morgan fingerprint density at radius 2 is 1.50 bits per heavy atom. The zero-order chi connectivity index (χ0) is 35.3. The molecule has 0 amide bonds. The normalized spacial score (nSPS) is 11.5. The fraction of sp³-hybridized carbons (Fsp3) is 0.0698. The Morgan fingerprint density at radius 3 is 2.25 bits per heavy atom. The average Bonchev–Trinajstić information content (AvgIpc) is 3.72. The molecule has 1 radical (unpaired) electrons. The predicted octanol–water partition coefficient (Wildman–Crippen LogP) is 11.1. The third kappa shape index (κ3) is 6.47. The number of pyridine rings is 1. The number of hydrogen-bond acceptors (Lipinski definition) is 3. The van der Waals surface area contributed by atoms with E-state index in [0.717, 1.165) is 56.9 Å². The summed E-state index contributed by atoms with van der Waals surface area (Å²) < 4.78 is 51.2. The molecule has 4 nitrogen and oxygen atoms in total. The van der Waals surface area contributed by atoms with Gasteiger partial charge in [-0.05, 0) is 57.4 Å². The van der Waals surface area contributed by atoms with E-state index >= 15 is 0 Å². The third-order valence-electron chi connectivity index (χ3n) is 8.91. The molecule has 52 heavy (non-hydrogen) atoms. The molecular weight excluding hydrogens is 852 g/mol. The molecule has 3 aromatic heterocycles. The number of para-hydroxylation sites is 2. The Balaban J connectivity index is 0.000000209. The second kappa shape index (κ2) is 14.0. The average molecular weight is 882 g/mol. The van der Waals surface area contributed by atoms with Crippen LogP contribution in [0.3, 0.4) is 0 Å². The predicted molar refractivity (Wildman–Crippen MR) is 201 cm³/mol. The molecule has 6 aromatic carbocycles. The van der Waals surface area contributed by atoms with Gasteiger partial charge in [0, 0.05) is 49.3 Å². The molecule has 9 heteroatoms. The van der Waals surface area contributed by atoms with Crippen LogP contribution in [-0.2, 0) is 20.1 Å².